The molecule has 0 radical (unpaired) electrons. The highest BCUT2D eigenvalue weighted by Crippen LogP contribution is 2.33. The summed E-state index contributed by atoms with van der Waals surface area (Å²) >= 11 is 0. The van der Waals surface area contributed by atoms with Crippen LogP contribution in [0.5, 0.6) is 17.2 Å². The molecule has 0 fully saturated rings. The smallest absolute Gasteiger partial charge is 0.266 e. The number of carbonyl (C=O) groups is 3. The van der Waals surface area contributed by atoms with E-state index in [-0.39, 0.29) is 23.3 Å². The molecule has 0 saturated heterocycles. The number of nitrogens with zero attached hydrogens (tertiary/aromatic N) is 1. The molecule has 7 heteroatoms. The van der Waals surface area contributed by atoms with Crippen LogP contribution < -0.4 is 19.7 Å². The fraction of sp³-hybridized carbons (Fsp3) is 0.192. The number of methoxy groups -OCH3 is 1. The van der Waals surface area contributed by atoms with Gasteiger partial charge < -0.3 is 14.8 Å². The van der Waals surface area contributed by atoms with E-state index in [2.05, 4.69) is 5.32 Å². The maximum atomic E-state index is 13.0. The van der Waals surface area contributed by atoms with E-state index >= 15 is 0 Å². The van der Waals surface area contributed by atoms with Crippen molar-refractivity contribution in [3.63, 3.8) is 0 Å². The molecule has 0 aromatic heterocycles. The molecule has 4 rings (SSSR count). The monoisotopic (exact) mass is 444 g/mol. The molecule has 1 N–H and O–H groups in total. The third-order valence-electron chi connectivity index (χ3n) is 5.59. The number of nitrogens with one attached hydrogen (secondary N) is 1. The Morgan fingerprint density at radius 1 is 0.909 bits per heavy atom. The first-order valence-electron chi connectivity index (χ1n) is 10.7. The van der Waals surface area contributed by atoms with Gasteiger partial charge in [0.05, 0.1) is 23.9 Å². The Kier molecular flexibility index (Phi) is 6.13. The highest BCUT2D eigenvalue weighted by molar-refractivity contribution is 6.34. The van der Waals surface area contributed by atoms with Gasteiger partial charge >= 0.3 is 0 Å². The maximum Gasteiger partial charge on any atom is 0.266 e. The molecule has 0 spiro atoms. The number of carbonyl (C=O) groups excluding carboxylic acids is 3. The molecular formula is C26H24N2O5. The fourth-order valence-electron chi connectivity index (χ4n) is 3.47. The first-order valence-corrected chi connectivity index (χ1v) is 10.7. The van der Waals surface area contributed by atoms with Gasteiger partial charge in [-0.05, 0) is 61.0 Å². The Hall–Kier alpha value is -4.13. The molecule has 1 atom stereocenters. The molecule has 0 bridgehead atoms. The lowest BCUT2D eigenvalue weighted by Gasteiger charge is -2.14. The van der Waals surface area contributed by atoms with Gasteiger partial charge in [0.2, 0.25) is 5.91 Å². The van der Waals surface area contributed by atoms with Gasteiger partial charge in [-0.2, -0.15) is 0 Å². The second kappa shape index (κ2) is 9.16. The van der Waals surface area contributed by atoms with Gasteiger partial charge in [0.15, 0.2) is 0 Å². The predicted molar refractivity (Wildman–Crippen MR) is 125 cm³/mol. The van der Waals surface area contributed by atoms with Crippen LogP contribution >= 0.6 is 0 Å². The molecule has 0 saturated carbocycles. The van der Waals surface area contributed by atoms with Crippen LogP contribution in [0.1, 0.15) is 41.0 Å². The summed E-state index contributed by atoms with van der Waals surface area (Å²) in [4.78, 5) is 39.2. The first kappa shape index (κ1) is 22.1. The molecule has 3 amide bonds. The highest BCUT2D eigenvalue weighted by atomic mass is 16.5. The number of anilines is 2. The van der Waals surface area contributed by atoms with E-state index in [4.69, 9.17) is 9.47 Å². The molecule has 1 unspecified atom stereocenters. The summed E-state index contributed by atoms with van der Waals surface area (Å²) in [6, 6.07) is 18.5. The van der Waals surface area contributed by atoms with Crippen LogP contribution in [0.4, 0.5) is 11.4 Å². The SMILES string of the molecule is CCC(C)C(=O)Nc1cccc(Oc2ccc3c(c2)C(=O)N(c2ccc(OC)cc2)C3=O)c1. The molecule has 1 aliphatic heterocycles. The van der Waals surface area contributed by atoms with Gasteiger partial charge in [0.1, 0.15) is 17.2 Å². The predicted octanol–water partition coefficient (Wildman–Crippen LogP) is 5.27. The van der Waals surface area contributed by atoms with Crippen LogP contribution in [-0.2, 0) is 4.79 Å². The Balaban J connectivity index is 1.54. The lowest BCUT2D eigenvalue weighted by Crippen LogP contribution is -2.29. The summed E-state index contributed by atoms with van der Waals surface area (Å²) < 4.78 is 11.1. The van der Waals surface area contributed by atoms with Crippen LogP contribution in [0, 0.1) is 5.92 Å². The van der Waals surface area contributed by atoms with Crippen LogP contribution in [0.25, 0.3) is 0 Å². The van der Waals surface area contributed by atoms with Gasteiger partial charge in [-0.1, -0.05) is 19.9 Å². The normalized spacial score (nSPS) is 13.5. The number of benzene rings is 3. The van der Waals surface area contributed by atoms with Crippen LogP contribution in [0.2, 0.25) is 0 Å². The van der Waals surface area contributed by atoms with E-state index in [1.54, 1.807) is 73.8 Å². The number of hydrogen-bond donors (Lipinski definition) is 1. The van der Waals surface area contributed by atoms with Crippen molar-refractivity contribution in [1.82, 2.24) is 0 Å². The number of ether oxygens (including phenoxy) is 2. The van der Waals surface area contributed by atoms with Crippen molar-refractivity contribution in [1.29, 1.82) is 0 Å². The zero-order valence-corrected chi connectivity index (χ0v) is 18.6. The summed E-state index contributed by atoms with van der Waals surface area (Å²) in [5.41, 5.74) is 1.68. The zero-order chi connectivity index (χ0) is 23.5. The largest absolute Gasteiger partial charge is 0.497 e. The average molecular weight is 444 g/mol. The number of imide groups is 1. The molecule has 7 nitrogen and oxygen atoms in total. The second-order valence-corrected chi connectivity index (χ2v) is 7.78. The van der Waals surface area contributed by atoms with Crippen LogP contribution in [0.15, 0.2) is 66.7 Å². The molecule has 0 aliphatic carbocycles. The Morgan fingerprint density at radius 2 is 1.58 bits per heavy atom. The number of hydrogen-bond acceptors (Lipinski definition) is 5. The lowest BCUT2D eigenvalue weighted by atomic mass is 10.1. The van der Waals surface area contributed by atoms with Crippen LogP contribution in [0.3, 0.4) is 0 Å². The fourth-order valence-corrected chi connectivity index (χ4v) is 3.47. The van der Waals surface area contributed by atoms with E-state index in [0.717, 1.165) is 11.3 Å². The van der Waals surface area contributed by atoms with Gasteiger partial charge in [-0.3, -0.25) is 14.4 Å². The standard InChI is InChI=1S/C26H24N2O5/c1-4-16(2)24(29)27-17-6-5-7-20(14-17)33-21-12-13-22-23(15-21)26(31)28(25(22)30)18-8-10-19(32-3)11-9-18/h5-16H,4H2,1-3H3,(H,27,29). The minimum absolute atomic E-state index is 0.0603. The summed E-state index contributed by atoms with van der Waals surface area (Å²) in [6.45, 7) is 3.83. The van der Waals surface area contributed by atoms with Crippen molar-refractivity contribution in [3.8, 4) is 17.2 Å². The van der Waals surface area contributed by atoms with Gasteiger partial charge in [-0.15, -0.1) is 0 Å². The van der Waals surface area contributed by atoms with E-state index in [0.29, 0.717) is 34.2 Å². The minimum atomic E-state index is -0.416. The van der Waals surface area contributed by atoms with Gasteiger partial charge in [-0.25, -0.2) is 4.90 Å². The summed E-state index contributed by atoms with van der Waals surface area (Å²) in [6.07, 6.45) is 0.747. The zero-order valence-electron chi connectivity index (χ0n) is 18.6. The molecule has 168 valence electrons. The van der Waals surface area contributed by atoms with Crippen LogP contribution in [-0.4, -0.2) is 24.8 Å². The van der Waals surface area contributed by atoms with Crippen molar-refractivity contribution in [3.05, 3.63) is 77.9 Å². The third kappa shape index (κ3) is 4.43. The Morgan fingerprint density at radius 3 is 2.27 bits per heavy atom. The number of amides is 3. The van der Waals surface area contributed by atoms with Crippen molar-refractivity contribution in [2.24, 2.45) is 5.92 Å². The quantitative estimate of drug-likeness (QED) is 0.502. The molecular weight excluding hydrogens is 420 g/mol. The van der Waals surface area contributed by atoms with Crippen molar-refractivity contribution in [2.75, 3.05) is 17.3 Å². The van der Waals surface area contributed by atoms with Gasteiger partial charge in [0.25, 0.3) is 11.8 Å². The molecule has 3 aromatic carbocycles. The maximum absolute atomic E-state index is 13.0. The third-order valence-corrected chi connectivity index (χ3v) is 5.59. The van der Waals surface area contributed by atoms with Crippen molar-refractivity contribution >= 4 is 29.1 Å². The average Bonchev–Trinajstić information content (AvgIpc) is 3.08. The summed E-state index contributed by atoms with van der Waals surface area (Å²) in [7, 11) is 1.55. The van der Waals surface area contributed by atoms with Crippen molar-refractivity contribution < 1.29 is 23.9 Å². The number of fused-ring (bicyclic) bond motifs is 1. The minimum Gasteiger partial charge on any atom is -0.497 e. The highest BCUT2D eigenvalue weighted by Gasteiger charge is 2.37. The lowest BCUT2D eigenvalue weighted by molar-refractivity contribution is -0.119. The van der Waals surface area contributed by atoms with Gasteiger partial charge in [0, 0.05) is 17.7 Å². The summed E-state index contributed by atoms with van der Waals surface area (Å²) in [5.74, 6) is 0.589. The first-order chi connectivity index (χ1) is 15.9. The molecule has 3 aromatic rings. The van der Waals surface area contributed by atoms with E-state index in [9.17, 15) is 14.4 Å². The topological polar surface area (TPSA) is 84.9 Å². The number of rotatable bonds is 7. The second-order valence-electron chi connectivity index (χ2n) is 7.78. The van der Waals surface area contributed by atoms with E-state index in [1.165, 1.54) is 0 Å². The van der Waals surface area contributed by atoms with E-state index < -0.39 is 5.91 Å². The molecule has 1 aliphatic rings. The van der Waals surface area contributed by atoms with E-state index in [1.807, 2.05) is 13.8 Å². The molecule has 33 heavy (non-hydrogen) atoms. The Bertz CT molecular complexity index is 1220. The Labute approximate surface area is 191 Å². The summed E-state index contributed by atoms with van der Waals surface area (Å²) in [5, 5.41) is 2.87. The van der Waals surface area contributed by atoms with Crippen molar-refractivity contribution in [2.45, 2.75) is 20.3 Å². The molecule has 1 heterocycles.